The molecule has 3 aromatic carbocycles. The monoisotopic (exact) mass is 602 g/mol. The van der Waals surface area contributed by atoms with Crippen LogP contribution >= 0.6 is 11.6 Å². The summed E-state index contributed by atoms with van der Waals surface area (Å²) in [6.07, 6.45) is 5.08. The third-order valence-electron chi connectivity index (χ3n) is 8.89. The second kappa shape index (κ2) is 13.4. The summed E-state index contributed by atoms with van der Waals surface area (Å²) in [6, 6.07) is 19.6. The molecule has 0 aromatic heterocycles. The molecule has 1 amide bonds. The highest BCUT2D eigenvalue weighted by molar-refractivity contribution is 6.30. The molecule has 1 heterocycles. The Labute approximate surface area is 260 Å². The van der Waals surface area contributed by atoms with Gasteiger partial charge < -0.3 is 19.3 Å². The molecule has 0 bridgehead atoms. The van der Waals surface area contributed by atoms with Crippen LogP contribution in [-0.2, 0) is 16.0 Å². The third-order valence-corrected chi connectivity index (χ3v) is 9.14. The third kappa shape index (κ3) is 6.85. The zero-order valence-corrected chi connectivity index (χ0v) is 26.7. The van der Waals surface area contributed by atoms with E-state index in [1.54, 1.807) is 7.11 Å². The Kier molecular flexibility index (Phi) is 9.65. The van der Waals surface area contributed by atoms with Gasteiger partial charge in [0, 0.05) is 42.3 Å². The first-order valence-corrected chi connectivity index (χ1v) is 15.8. The van der Waals surface area contributed by atoms with Crippen molar-refractivity contribution in [2.45, 2.75) is 71.4 Å². The summed E-state index contributed by atoms with van der Waals surface area (Å²) in [5, 5.41) is 0.647. The highest BCUT2D eigenvalue weighted by Crippen LogP contribution is 2.44. The zero-order chi connectivity index (χ0) is 30.7. The Morgan fingerprint density at radius 1 is 1.00 bits per heavy atom. The van der Waals surface area contributed by atoms with Crippen molar-refractivity contribution in [3.05, 3.63) is 82.4 Å². The molecule has 0 saturated heterocycles. The minimum absolute atomic E-state index is 0.0199. The van der Waals surface area contributed by atoms with Crippen molar-refractivity contribution in [2.75, 3.05) is 30.5 Å². The van der Waals surface area contributed by atoms with E-state index in [0.29, 0.717) is 34.6 Å². The Hall–Kier alpha value is -3.51. The first-order chi connectivity index (χ1) is 20.7. The van der Waals surface area contributed by atoms with Crippen molar-refractivity contribution in [2.24, 2.45) is 11.8 Å². The molecule has 0 N–H and O–H groups in total. The normalized spacial score (nSPS) is 20.1. The summed E-state index contributed by atoms with van der Waals surface area (Å²) < 4.78 is 11.8. The minimum Gasteiger partial charge on any atom is -0.493 e. The average Bonchev–Trinajstić information content (AvgIpc) is 3.00. The minimum atomic E-state index is -0.349. The lowest BCUT2D eigenvalue weighted by Gasteiger charge is -2.38. The maximum Gasteiger partial charge on any atom is 0.232 e. The molecule has 1 atom stereocenters. The van der Waals surface area contributed by atoms with Crippen molar-refractivity contribution < 1.29 is 19.1 Å². The fourth-order valence-corrected chi connectivity index (χ4v) is 6.77. The van der Waals surface area contributed by atoms with Gasteiger partial charge in [-0.25, -0.2) is 0 Å². The van der Waals surface area contributed by atoms with Gasteiger partial charge in [-0.15, -0.1) is 0 Å². The number of halogens is 1. The quantitative estimate of drug-likeness (QED) is 0.235. The Balaban J connectivity index is 1.42. The summed E-state index contributed by atoms with van der Waals surface area (Å²) in [6.45, 7) is 6.90. The number of rotatable bonds is 10. The summed E-state index contributed by atoms with van der Waals surface area (Å²) in [4.78, 5) is 30.2. The topological polar surface area (TPSA) is 59.1 Å². The average molecular weight is 603 g/mol. The van der Waals surface area contributed by atoms with E-state index in [0.717, 1.165) is 60.3 Å². The number of carbonyl (C=O) groups is 2. The van der Waals surface area contributed by atoms with E-state index in [-0.39, 0.29) is 30.4 Å². The highest BCUT2D eigenvalue weighted by atomic mass is 35.5. The fourth-order valence-electron chi connectivity index (χ4n) is 6.64. The van der Waals surface area contributed by atoms with E-state index in [2.05, 4.69) is 24.1 Å². The van der Waals surface area contributed by atoms with Crippen LogP contribution in [-0.4, -0.2) is 38.5 Å². The molecule has 5 rings (SSSR count). The molecular formula is C36H43ClN2O4. The molecule has 1 aliphatic carbocycles. The van der Waals surface area contributed by atoms with Crippen LogP contribution in [0.2, 0.25) is 5.02 Å². The maximum absolute atomic E-state index is 13.8. The van der Waals surface area contributed by atoms with E-state index < -0.39 is 0 Å². The molecular weight excluding hydrogens is 560 g/mol. The number of hydrogen-bond acceptors (Lipinski definition) is 5. The van der Waals surface area contributed by atoms with Gasteiger partial charge in [0.1, 0.15) is 5.78 Å². The lowest BCUT2D eigenvalue weighted by atomic mass is 9.79. The largest absolute Gasteiger partial charge is 0.493 e. The number of ether oxygens (including phenoxy) is 2. The van der Waals surface area contributed by atoms with Crippen LogP contribution in [0.5, 0.6) is 11.5 Å². The van der Waals surface area contributed by atoms with Crippen LogP contribution < -0.4 is 19.3 Å². The van der Waals surface area contributed by atoms with E-state index in [4.69, 9.17) is 21.1 Å². The Bertz CT molecular complexity index is 1430. The predicted octanol–water partition coefficient (Wildman–Crippen LogP) is 8.04. The van der Waals surface area contributed by atoms with Crippen LogP contribution in [0.4, 0.5) is 11.4 Å². The van der Waals surface area contributed by atoms with Gasteiger partial charge in [0.25, 0.3) is 0 Å². The number of carbonyl (C=O) groups excluding carboxylic acids is 2. The van der Waals surface area contributed by atoms with Crippen LogP contribution in [0.15, 0.2) is 60.7 Å². The van der Waals surface area contributed by atoms with E-state index >= 15 is 0 Å². The van der Waals surface area contributed by atoms with Gasteiger partial charge >= 0.3 is 0 Å². The van der Waals surface area contributed by atoms with Gasteiger partial charge in [-0.2, -0.15) is 0 Å². The predicted molar refractivity (Wildman–Crippen MR) is 174 cm³/mol. The SMILES string of the molecule is CCC(=O)C1CCC(CN(C)c2ccc(N3C(=O)Cc4cc(OC)c(OC(C)C)cc4[C@@H]3c3ccc(Cl)cc3)cc2)CC1. The molecule has 1 aliphatic heterocycles. The van der Waals surface area contributed by atoms with Gasteiger partial charge in [0.15, 0.2) is 11.5 Å². The van der Waals surface area contributed by atoms with Gasteiger partial charge in [0.05, 0.1) is 25.7 Å². The lowest BCUT2D eigenvalue weighted by molar-refractivity contribution is -0.123. The second-order valence-corrected chi connectivity index (χ2v) is 12.6. The number of nitrogens with zero attached hydrogens (tertiary/aromatic N) is 2. The molecule has 1 saturated carbocycles. The lowest BCUT2D eigenvalue weighted by Crippen LogP contribution is -2.41. The molecule has 2 aliphatic rings. The number of amides is 1. The van der Waals surface area contributed by atoms with Crippen LogP contribution in [0.25, 0.3) is 0 Å². The highest BCUT2D eigenvalue weighted by Gasteiger charge is 2.36. The molecule has 3 aromatic rings. The molecule has 6 nitrogen and oxygen atoms in total. The van der Waals surface area contributed by atoms with Crippen molar-refractivity contribution >= 4 is 34.7 Å². The summed E-state index contributed by atoms with van der Waals surface area (Å²) in [5.74, 6) is 2.56. The molecule has 0 radical (unpaired) electrons. The van der Waals surface area contributed by atoms with Crippen molar-refractivity contribution in [3.63, 3.8) is 0 Å². The van der Waals surface area contributed by atoms with Crippen LogP contribution in [0, 0.1) is 11.8 Å². The number of ketones is 1. The first kappa shape index (κ1) is 30.9. The van der Waals surface area contributed by atoms with E-state index in [1.807, 2.05) is 74.2 Å². The summed E-state index contributed by atoms with van der Waals surface area (Å²) in [5.41, 5.74) is 4.87. The van der Waals surface area contributed by atoms with Crippen molar-refractivity contribution in [3.8, 4) is 11.5 Å². The van der Waals surface area contributed by atoms with Gasteiger partial charge in [-0.05, 0) is 111 Å². The Morgan fingerprint density at radius 2 is 1.67 bits per heavy atom. The van der Waals surface area contributed by atoms with Crippen molar-refractivity contribution in [1.29, 1.82) is 0 Å². The summed E-state index contributed by atoms with van der Waals surface area (Å²) >= 11 is 6.26. The zero-order valence-electron chi connectivity index (χ0n) is 25.9. The molecule has 7 heteroatoms. The van der Waals surface area contributed by atoms with Crippen LogP contribution in [0.1, 0.15) is 75.6 Å². The van der Waals surface area contributed by atoms with Crippen molar-refractivity contribution in [1.82, 2.24) is 0 Å². The first-order valence-electron chi connectivity index (χ1n) is 15.5. The number of Topliss-reactive ketones (excluding diaryl/α,β-unsaturated/α-hetero) is 1. The number of hydrogen-bond donors (Lipinski definition) is 0. The molecule has 43 heavy (non-hydrogen) atoms. The number of anilines is 2. The number of fused-ring (bicyclic) bond motifs is 1. The standard InChI is InChI=1S/C36H43ClN2O4/c1-6-32(40)25-9-7-24(8-10-25)22-38(4)29-15-17-30(18-16-29)39-35(41)20-27-19-33(42-5)34(43-23(2)3)21-31(27)36(39)26-11-13-28(37)14-12-26/h11-19,21,23-25,36H,6-10,20,22H2,1-5H3/t24?,25?,36-/m0/s1. The van der Waals surface area contributed by atoms with E-state index in [9.17, 15) is 9.59 Å². The smallest absolute Gasteiger partial charge is 0.232 e. The van der Waals surface area contributed by atoms with Gasteiger partial charge in [-0.3, -0.25) is 9.59 Å². The summed E-state index contributed by atoms with van der Waals surface area (Å²) in [7, 11) is 3.75. The molecule has 0 unspecified atom stereocenters. The molecule has 228 valence electrons. The second-order valence-electron chi connectivity index (χ2n) is 12.2. The van der Waals surface area contributed by atoms with Crippen LogP contribution in [0.3, 0.4) is 0 Å². The van der Waals surface area contributed by atoms with Gasteiger partial charge in [0.2, 0.25) is 5.91 Å². The fraction of sp³-hybridized carbons (Fsp3) is 0.444. The number of benzene rings is 3. The maximum atomic E-state index is 13.8. The van der Waals surface area contributed by atoms with E-state index in [1.165, 1.54) is 0 Å². The Morgan fingerprint density at radius 3 is 2.28 bits per heavy atom. The van der Waals surface area contributed by atoms with Gasteiger partial charge in [-0.1, -0.05) is 30.7 Å². The number of methoxy groups -OCH3 is 1. The molecule has 0 spiro atoms. The molecule has 1 fully saturated rings.